The number of hydrogen-bond donors (Lipinski definition) is 2. The molecule has 5 aromatic rings. The molecular weight excluding hydrogens is 428 g/mol. The monoisotopic (exact) mass is 456 g/mol. The molecule has 0 aliphatic rings. The fourth-order valence-electron chi connectivity index (χ4n) is 4.99. The van der Waals surface area contributed by atoms with E-state index in [0.29, 0.717) is 33.2 Å². The van der Waals surface area contributed by atoms with Crippen LogP contribution in [0.1, 0.15) is 26.7 Å². The van der Waals surface area contributed by atoms with E-state index in [1.54, 1.807) is 23.8 Å². The Morgan fingerprint density at radius 1 is 0.941 bits per heavy atom. The number of H-pyrrole nitrogens is 2. The molecule has 3 aromatic carbocycles. The lowest BCUT2D eigenvalue weighted by atomic mass is 9.99. The van der Waals surface area contributed by atoms with Gasteiger partial charge in [-0.15, -0.1) is 0 Å². The number of nitrogens with one attached hydrogen (secondary N) is 2. The van der Waals surface area contributed by atoms with E-state index >= 15 is 0 Å². The van der Waals surface area contributed by atoms with E-state index in [-0.39, 0.29) is 11.2 Å². The average molecular weight is 457 g/mol. The van der Waals surface area contributed by atoms with E-state index in [1.807, 2.05) is 12.1 Å². The van der Waals surface area contributed by atoms with Crippen molar-refractivity contribution in [3.05, 3.63) is 68.7 Å². The van der Waals surface area contributed by atoms with Crippen molar-refractivity contribution in [2.75, 3.05) is 25.1 Å². The number of aromatic nitrogens is 3. The van der Waals surface area contributed by atoms with Crippen LogP contribution in [0, 0.1) is 0 Å². The zero-order valence-corrected chi connectivity index (χ0v) is 19.7. The summed E-state index contributed by atoms with van der Waals surface area (Å²) in [6.07, 6.45) is 2.09. The molecule has 0 unspecified atom stereocenters. The summed E-state index contributed by atoms with van der Waals surface area (Å²) in [5.41, 5.74) is 2.39. The first-order valence-corrected chi connectivity index (χ1v) is 11.6. The third-order valence-electron chi connectivity index (χ3n) is 6.42. The van der Waals surface area contributed by atoms with Crippen LogP contribution in [-0.4, -0.2) is 34.7 Å². The molecule has 0 saturated carbocycles. The number of methoxy groups -OCH3 is 1. The van der Waals surface area contributed by atoms with E-state index in [9.17, 15) is 9.59 Å². The summed E-state index contributed by atoms with van der Waals surface area (Å²) in [5, 5.41) is 4.10. The number of anilines is 1. The number of nitrogens with zero attached hydrogens (tertiary/aromatic N) is 2. The summed E-state index contributed by atoms with van der Waals surface area (Å²) in [6.45, 7) is 10.6. The largest absolute Gasteiger partial charge is 0.494 e. The van der Waals surface area contributed by atoms with Crippen molar-refractivity contribution >= 4 is 44.8 Å². The Morgan fingerprint density at radius 2 is 1.62 bits per heavy atom. The molecule has 0 aliphatic heterocycles. The van der Waals surface area contributed by atoms with Gasteiger partial charge in [-0.3, -0.25) is 9.36 Å². The molecule has 2 N–H and O–H groups in total. The van der Waals surface area contributed by atoms with Gasteiger partial charge < -0.3 is 19.6 Å². The van der Waals surface area contributed by atoms with Crippen molar-refractivity contribution in [2.24, 2.45) is 0 Å². The quantitative estimate of drug-likeness (QED) is 0.387. The molecule has 0 bridgehead atoms. The van der Waals surface area contributed by atoms with Crippen LogP contribution in [0.5, 0.6) is 5.75 Å². The highest BCUT2D eigenvalue weighted by molar-refractivity contribution is 6.14. The standard InChI is InChI=1S/C27H28N4O3/c1-5-12-30(13-6-2)22-11-10-17-16(3)31(26(32)19-9-7-8-18(22)25(17)19)23-14-20-21(15-24(23)34-4)29-27(33)28-20/h7-11,14-15H,3,5-6,12-13H2,1-2,4H3,(H2,28,29,33). The number of benzene rings is 3. The zero-order chi connectivity index (χ0) is 24.0. The predicted molar refractivity (Wildman–Crippen MR) is 140 cm³/mol. The summed E-state index contributed by atoms with van der Waals surface area (Å²) in [4.78, 5) is 33.6. The zero-order valence-electron chi connectivity index (χ0n) is 19.7. The van der Waals surface area contributed by atoms with Gasteiger partial charge in [0.2, 0.25) is 0 Å². The summed E-state index contributed by atoms with van der Waals surface area (Å²) in [5.74, 6) is 0.474. The van der Waals surface area contributed by atoms with Crippen molar-refractivity contribution in [1.82, 2.24) is 14.5 Å². The molecule has 0 spiro atoms. The van der Waals surface area contributed by atoms with Crippen LogP contribution in [0.3, 0.4) is 0 Å². The number of hydrogen-bond acceptors (Lipinski definition) is 4. The molecule has 0 atom stereocenters. The molecule has 0 radical (unpaired) electrons. The molecule has 0 aliphatic carbocycles. The minimum absolute atomic E-state index is 0.173. The third-order valence-corrected chi connectivity index (χ3v) is 6.42. The lowest BCUT2D eigenvalue weighted by molar-refractivity contribution is 0.413. The van der Waals surface area contributed by atoms with Crippen LogP contribution in [0.15, 0.2) is 52.1 Å². The number of aromatic amines is 2. The fraction of sp³-hybridized carbons (Fsp3) is 0.259. The second kappa shape index (κ2) is 8.41. The van der Waals surface area contributed by atoms with Gasteiger partial charge in [0.1, 0.15) is 5.75 Å². The average Bonchev–Trinajstić information content (AvgIpc) is 3.20. The molecule has 2 heterocycles. The second-order valence-corrected chi connectivity index (χ2v) is 8.58. The van der Waals surface area contributed by atoms with Gasteiger partial charge >= 0.3 is 5.69 Å². The van der Waals surface area contributed by atoms with E-state index in [1.165, 1.54) is 0 Å². The number of ether oxygens (including phenoxy) is 1. The summed E-state index contributed by atoms with van der Waals surface area (Å²) in [7, 11) is 1.55. The maximum absolute atomic E-state index is 13.9. The van der Waals surface area contributed by atoms with Crippen LogP contribution in [0.2, 0.25) is 0 Å². The van der Waals surface area contributed by atoms with Gasteiger partial charge in [-0.1, -0.05) is 38.6 Å². The normalized spacial score (nSPS) is 11.6. The molecule has 0 amide bonds. The van der Waals surface area contributed by atoms with Gasteiger partial charge in [0, 0.05) is 46.4 Å². The minimum Gasteiger partial charge on any atom is -0.494 e. The van der Waals surface area contributed by atoms with Crippen LogP contribution in [-0.2, 0) is 0 Å². The first-order chi connectivity index (χ1) is 16.5. The van der Waals surface area contributed by atoms with Gasteiger partial charge in [-0.05, 0) is 31.0 Å². The number of imidazole rings is 1. The Kier molecular flexibility index (Phi) is 5.40. The Bertz CT molecular complexity index is 1650. The molecule has 0 fully saturated rings. The van der Waals surface area contributed by atoms with Crippen molar-refractivity contribution in [1.29, 1.82) is 0 Å². The van der Waals surface area contributed by atoms with E-state index in [4.69, 9.17) is 4.74 Å². The highest BCUT2D eigenvalue weighted by Crippen LogP contribution is 2.33. The Hall–Kier alpha value is -4.00. The molecule has 7 heteroatoms. The van der Waals surface area contributed by atoms with Crippen LogP contribution >= 0.6 is 0 Å². The molecule has 7 nitrogen and oxygen atoms in total. The molecule has 174 valence electrons. The van der Waals surface area contributed by atoms with E-state index in [0.717, 1.165) is 47.8 Å². The Balaban J connectivity index is 1.85. The van der Waals surface area contributed by atoms with Gasteiger partial charge in [0.25, 0.3) is 5.56 Å². The Morgan fingerprint density at radius 3 is 2.29 bits per heavy atom. The van der Waals surface area contributed by atoms with Crippen LogP contribution in [0.25, 0.3) is 44.8 Å². The fourth-order valence-corrected chi connectivity index (χ4v) is 4.99. The van der Waals surface area contributed by atoms with Crippen LogP contribution in [0.4, 0.5) is 5.69 Å². The van der Waals surface area contributed by atoms with Crippen molar-refractivity contribution in [3.63, 3.8) is 0 Å². The first-order valence-electron chi connectivity index (χ1n) is 11.6. The van der Waals surface area contributed by atoms with Crippen molar-refractivity contribution in [2.45, 2.75) is 26.7 Å². The van der Waals surface area contributed by atoms with Gasteiger partial charge in [0.15, 0.2) is 0 Å². The highest BCUT2D eigenvalue weighted by Gasteiger charge is 2.19. The topological polar surface area (TPSA) is 83.1 Å². The van der Waals surface area contributed by atoms with E-state index in [2.05, 4.69) is 53.5 Å². The lowest BCUT2D eigenvalue weighted by Crippen LogP contribution is -2.32. The lowest BCUT2D eigenvalue weighted by Gasteiger charge is -2.26. The van der Waals surface area contributed by atoms with Crippen molar-refractivity contribution < 1.29 is 4.74 Å². The second-order valence-electron chi connectivity index (χ2n) is 8.58. The van der Waals surface area contributed by atoms with Gasteiger partial charge in [-0.2, -0.15) is 0 Å². The number of pyridine rings is 1. The molecule has 34 heavy (non-hydrogen) atoms. The SMILES string of the molecule is C=c1c2ccc(N(CCC)CCC)c3cccc(c(=O)n1-c1cc4[nH]c(=O)[nH]c4cc1OC)c32. The number of fused-ring (bicyclic) bond motifs is 1. The maximum atomic E-state index is 13.9. The smallest absolute Gasteiger partial charge is 0.323 e. The molecular formula is C27H28N4O3. The number of rotatable bonds is 7. The Labute approximate surface area is 196 Å². The van der Waals surface area contributed by atoms with Gasteiger partial charge in [0.05, 0.1) is 29.2 Å². The first kappa shape index (κ1) is 21.8. The predicted octanol–water partition coefficient (Wildman–Crippen LogP) is 4.08. The van der Waals surface area contributed by atoms with Gasteiger partial charge in [-0.25, -0.2) is 4.79 Å². The third kappa shape index (κ3) is 3.27. The van der Waals surface area contributed by atoms with Crippen LogP contribution < -0.4 is 26.2 Å². The van der Waals surface area contributed by atoms with E-state index < -0.39 is 0 Å². The summed E-state index contributed by atoms with van der Waals surface area (Å²) < 4.78 is 7.18. The molecule has 5 rings (SSSR count). The molecule has 2 aromatic heterocycles. The minimum atomic E-state index is -0.315. The summed E-state index contributed by atoms with van der Waals surface area (Å²) >= 11 is 0. The van der Waals surface area contributed by atoms with Crippen molar-refractivity contribution in [3.8, 4) is 11.4 Å². The maximum Gasteiger partial charge on any atom is 0.323 e. The summed E-state index contributed by atoms with van der Waals surface area (Å²) in [6, 6.07) is 13.6. The molecule has 0 saturated heterocycles. The highest BCUT2D eigenvalue weighted by atomic mass is 16.5.